The smallest absolute Gasteiger partial charge is 0.405 e. The number of nitrogens with zero attached hydrogens (tertiary/aromatic N) is 3. The Labute approximate surface area is 115 Å². The maximum atomic E-state index is 12.5. The monoisotopic (exact) mass is 295 g/mol. The highest BCUT2D eigenvalue weighted by molar-refractivity contribution is 5.89. The van der Waals surface area contributed by atoms with E-state index in [1.54, 1.807) is 6.07 Å². The van der Waals surface area contributed by atoms with Crippen molar-refractivity contribution in [3.8, 4) is 17.0 Å². The number of H-pyrrole nitrogens is 1. The third-order valence-electron chi connectivity index (χ3n) is 2.67. The van der Waals surface area contributed by atoms with Gasteiger partial charge in [0.05, 0.1) is 6.33 Å². The van der Waals surface area contributed by atoms with E-state index in [2.05, 4.69) is 24.7 Å². The molecule has 3 rings (SSSR count). The zero-order valence-corrected chi connectivity index (χ0v) is 10.3. The van der Waals surface area contributed by atoms with Crippen molar-refractivity contribution >= 4 is 17.1 Å². The number of nitrogens with two attached hydrogens (primary N) is 1. The lowest BCUT2D eigenvalue weighted by Crippen LogP contribution is -2.17. The molecule has 6 nitrogen and oxygen atoms in total. The van der Waals surface area contributed by atoms with Crippen LogP contribution in [0, 0.1) is 0 Å². The van der Waals surface area contributed by atoms with Crippen LogP contribution < -0.4 is 10.5 Å². The van der Waals surface area contributed by atoms with Crippen molar-refractivity contribution in [2.75, 3.05) is 5.73 Å². The standard InChI is InChI=1S/C12H8F3N5O/c13-12(14,15)21-7-4-2-1-3-6(7)8-9-10(18-5-17-9)20-11(16)19-8/h1-5H,(H3,16,17,18,19,20). The summed E-state index contributed by atoms with van der Waals surface area (Å²) in [5.41, 5.74) is 6.53. The average Bonchev–Trinajstić information content (AvgIpc) is 2.84. The highest BCUT2D eigenvalue weighted by Gasteiger charge is 2.32. The summed E-state index contributed by atoms with van der Waals surface area (Å²) in [6.07, 6.45) is -3.45. The molecule has 21 heavy (non-hydrogen) atoms. The number of aromatic amines is 1. The molecule has 3 N–H and O–H groups in total. The number of halogens is 3. The quantitative estimate of drug-likeness (QED) is 0.758. The molecular weight excluding hydrogens is 287 g/mol. The molecule has 3 aromatic rings. The van der Waals surface area contributed by atoms with Crippen LogP contribution in [0.5, 0.6) is 5.75 Å². The summed E-state index contributed by atoms with van der Waals surface area (Å²) in [7, 11) is 0. The number of anilines is 1. The van der Waals surface area contributed by atoms with Gasteiger partial charge in [-0.1, -0.05) is 12.1 Å². The molecule has 0 unspecified atom stereocenters. The van der Waals surface area contributed by atoms with Crippen molar-refractivity contribution in [1.29, 1.82) is 0 Å². The minimum absolute atomic E-state index is 0.0913. The highest BCUT2D eigenvalue weighted by atomic mass is 19.4. The SMILES string of the molecule is Nc1nc(-c2ccccc2OC(F)(F)F)c2[nH]cnc2n1. The first-order valence-electron chi connectivity index (χ1n) is 5.76. The van der Waals surface area contributed by atoms with E-state index in [-0.39, 0.29) is 28.6 Å². The summed E-state index contributed by atoms with van der Waals surface area (Å²) in [4.78, 5) is 14.6. The van der Waals surface area contributed by atoms with Crippen LogP contribution in [0.3, 0.4) is 0 Å². The number of alkyl halides is 3. The topological polar surface area (TPSA) is 89.7 Å². The van der Waals surface area contributed by atoms with Crippen molar-refractivity contribution in [2.45, 2.75) is 6.36 Å². The van der Waals surface area contributed by atoms with E-state index in [9.17, 15) is 13.2 Å². The number of imidazole rings is 1. The van der Waals surface area contributed by atoms with E-state index >= 15 is 0 Å². The van der Waals surface area contributed by atoms with Gasteiger partial charge in [-0.15, -0.1) is 13.2 Å². The Bertz CT molecular complexity index is 799. The first-order valence-corrected chi connectivity index (χ1v) is 5.76. The van der Waals surface area contributed by atoms with Crippen LogP contribution in [-0.4, -0.2) is 26.3 Å². The van der Waals surface area contributed by atoms with Crippen molar-refractivity contribution < 1.29 is 17.9 Å². The molecule has 0 atom stereocenters. The van der Waals surface area contributed by atoms with Gasteiger partial charge in [0.25, 0.3) is 0 Å². The average molecular weight is 295 g/mol. The third kappa shape index (κ3) is 2.57. The Morgan fingerprint density at radius 3 is 2.67 bits per heavy atom. The molecular formula is C12H8F3N5O. The molecule has 0 fully saturated rings. The van der Waals surface area contributed by atoms with E-state index in [4.69, 9.17) is 5.73 Å². The van der Waals surface area contributed by atoms with Crippen molar-refractivity contribution in [3.05, 3.63) is 30.6 Å². The van der Waals surface area contributed by atoms with Gasteiger partial charge in [0.15, 0.2) is 5.65 Å². The number of rotatable bonds is 2. The molecule has 2 heterocycles. The first kappa shape index (κ1) is 13.2. The minimum Gasteiger partial charge on any atom is -0.405 e. The summed E-state index contributed by atoms with van der Waals surface area (Å²) in [5, 5.41) is 0. The lowest BCUT2D eigenvalue weighted by atomic mass is 10.1. The van der Waals surface area contributed by atoms with Crippen LogP contribution in [0.25, 0.3) is 22.4 Å². The van der Waals surface area contributed by atoms with Crippen molar-refractivity contribution in [3.63, 3.8) is 0 Å². The maximum absolute atomic E-state index is 12.5. The van der Waals surface area contributed by atoms with Crippen LogP contribution in [0.15, 0.2) is 30.6 Å². The van der Waals surface area contributed by atoms with Crippen LogP contribution >= 0.6 is 0 Å². The second kappa shape index (κ2) is 4.62. The summed E-state index contributed by atoms with van der Waals surface area (Å²) in [6, 6.07) is 5.64. The fraction of sp³-hybridized carbons (Fsp3) is 0.0833. The number of hydrogen-bond acceptors (Lipinski definition) is 5. The number of aromatic nitrogens is 4. The minimum atomic E-state index is -4.80. The molecule has 0 aliphatic heterocycles. The summed E-state index contributed by atoms with van der Waals surface area (Å²) >= 11 is 0. The Morgan fingerprint density at radius 2 is 1.90 bits per heavy atom. The Morgan fingerprint density at radius 1 is 1.14 bits per heavy atom. The normalized spacial score (nSPS) is 11.8. The molecule has 0 aliphatic carbocycles. The number of nitrogens with one attached hydrogen (secondary N) is 1. The molecule has 9 heteroatoms. The summed E-state index contributed by atoms with van der Waals surface area (Å²) in [5.74, 6) is -0.467. The first-order chi connectivity index (χ1) is 9.94. The fourth-order valence-corrected chi connectivity index (χ4v) is 1.92. The third-order valence-corrected chi connectivity index (χ3v) is 2.67. The fourth-order valence-electron chi connectivity index (χ4n) is 1.92. The second-order valence-electron chi connectivity index (χ2n) is 4.08. The number of ether oxygens (including phenoxy) is 1. The maximum Gasteiger partial charge on any atom is 0.573 e. The van der Waals surface area contributed by atoms with E-state index < -0.39 is 6.36 Å². The summed E-state index contributed by atoms with van der Waals surface area (Å²) in [6.45, 7) is 0. The number of para-hydroxylation sites is 1. The largest absolute Gasteiger partial charge is 0.573 e. The molecule has 0 bridgehead atoms. The number of nitrogen functional groups attached to an aromatic ring is 1. The lowest BCUT2D eigenvalue weighted by molar-refractivity contribution is -0.274. The molecule has 0 saturated heterocycles. The number of hydrogen-bond donors (Lipinski definition) is 2. The molecule has 0 radical (unpaired) electrons. The van der Waals surface area contributed by atoms with Gasteiger partial charge in [-0.05, 0) is 12.1 Å². The molecule has 2 aromatic heterocycles. The molecule has 1 aromatic carbocycles. The van der Waals surface area contributed by atoms with Gasteiger partial charge in [-0.3, -0.25) is 0 Å². The van der Waals surface area contributed by atoms with Crippen LogP contribution in [-0.2, 0) is 0 Å². The number of fused-ring (bicyclic) bond motifs is 1. The molecule has 0 saturated carbocycles. The molecule has 108 valence electrons. The van der Waals surface area contributed by atoms with E-state index in [0.717, 1.165) is 0 Å². The second-order valence-corrected chi connectivity index (χ2v) is 4.08. The van der Waals surface area contributed by atoms with Crippen LogP contribution in [0.1, 0.15) is 0 Å². The van der Waals surface area contributed by atoms with Gasteiger partial charge in [0, 0.05) is 5.56 Å². The van der Waals surface area contributed by atoms with E-state index in [1.165, 1.54) is 24.5 Å². The number of benzene rings is 1. The Balaban J connectivity index is 2.21. The zero-order valence-electron chi connectivity index (χ0n) is 10.3. The van der Waals surface area contributed by atoms with Crippen LogP contribution in [0.4, 0.5) is 19.1 Å². The van der Waals surface area contributed by atoms with Gasteiger partial charge >= 0.3 is 6.36 Å². The van der Waals surface area contributed by atoms with Gasteiger partial charge in [-0.25, -0.2) is 9.97 Å². The Hall–Kier alpha value is -2.84. The van der Waals surface area contributed by atoms with Gasteiger partial charge in [-0.2, -0.15) is 4.98 Å². The van der Waals surface area contributed by atoms with Crippen LogP contribution in [0.2, 0.25) is 0 Å². The van der Waals surface area contributed by atoms with Gasteiger partial charge in [0.1, 0.15) is 17.0 Å². The van der Waals surface area contributed by atoms with E-state index in [1.807, 2.05) is 0 Å². The van der Waals surface area contributed by atoms with Crippen molar-refractivity contribution in [1.82, 2.24) is 19.9 Å². The zero-order chi connectivity index (χ0) is 15.0. The van der Waals surface area contributed by atoms with Gasteiger partial charge < -0.3 is 15.5 Å². The molecule has 0 spiro atoms. The van der Waals surface area contributed by atoms with Gasteiger partial charge in [0.2, 0.25) is 5.95 Å². The predicted molar refractivity (Wildman–Crippen MR) is 68.2 cm³/mol. The van der Waals surface area contributed by atoms with E-state index in [0.29, 0.717) is 5.52 Å². The predicted octanol–water partition coefficient (Wildman–Crippen LogP) is 2.50. The molecule has 0 aliphatic rings. The Kier molecular flexibility index (Phi) is 2.89. The molecule has 0 amide bonds. The highest BCUT2D eigenvalue weighted by Crippen LogP contribution is 2.35. The van der Waals surface area contributed by atoms with Crippen molar-refractivity contribution in [2.24, 2.45) is 0 Å². The lowest BCUT2D eigenvalue weighted by Gasteiger charge is -2.13. The summed E-state index contributed by atoms with van der Waals surface area (Å²) < 4.78 is 41.4.